The van der Waals surface area contributed by atoms with E-state index in [4.69, 9.17) is 0 Å². The summed E-state index contributed by atoms with van der Waals surface area (Å²) in [6.45, 7) is 0. The van der Waals surface area contributed by atoms with Crippen LogP contribution in [0.2, 0.25) is 0 Å². The first-order valence-electron chi connectivity index (χ1n) is 4.85. The first-order valence-corrected chi connectivity index (χ1v) is 4.85. The number of rotatable bonds is 1. The summed E-state index contributed by atoms with van der Waals surface area (Å²) >= 11 is 0. The van der Waals surface area contributed by atoms with Crippen molar-refractivity contribution >= 4 is 6.08 Å². The molecule has 1 aromatic carbocycles. The summed E-state index contributed by atoms with van der Waals surface area (Å²) < 4.78 is 39.3. The SMILES string of the molecule is Fc1cc(F)c(C=C2C=CC=CC2)c(F)c1. The normalized spacial score (nSPS) is 17.1. The smallest absolute Gasteiger partial charge is 0.136 e. The van der Waals surface area contributed by atoms with Gasteiger partial charge < -0.3 is 0 Å². The van der Waals surface area contributed by atoms with Crippen LogP contribution in [0.25, 0.3) is 6.08 Å². The van der Waals surface area contributed by atoms with Gasteiger partial charge in [-0.1, -0.05) is 24.3 Å². The minimum Gasteiger partial charge on any atom is -0.207 e. The van der Waals surface area contributed by atoms with Crippen molar-refractivity contribution < 1.29 is 13.2 Å². The molecule has 0 spiro atoms. The van der Waals surface area contributed by atoms with Crippen molar-refractivity contribution in [2.45, 2.75) is 6.42 Å². The highest BCUT2D eigenvalue weighted by Gasteiger charge is 2.09. The van der Waals surface area contributed by atoms with Crippen LogP contribution in [0, 0.1) is 17.5 Å². The highest BCUT2D eigenvalue weighted by Crippen LogP contribution is 2.21. The van der Waals surface area contributed by atoms with E-state index in [0.29, 0.717) is 18.6 Å². The van der Waals surface area contributed by atoms with E-state index in [9.17, 15) is 13.2 Å². The molecule has 0 saturated carbocycles. The molecule has 1 aliphatic carbocycles. The molecular formula is C13H9F3. The Kier molecular flexibility index (Phi) is 2.95. The quantitative estimate of drug-likeness (QED) is 0.673. The number of hydrogen-bond donors (Lipinski definition) is 0. The van der Waals surface area contributed by atoms with Crippen LogP contribution in [-0.4, -0.2) is 0 Å². The lowest BCUT2D eigenvalue weighted by Gasteiger charge is -2.04. The Morgan fingerprint density at radius 3 is 2.25 bits per heavy atom. The second kappa shape index (κ2) is 4.39. The molecule has 0 bridgehead atoms. The van der Waals surface area contributed by atoms with Crippen LogP contribution in [0.1, 0.15) is 12.0 Å². The zero-order chi connectivity index (χ0) is 11.5. The molecule has 1 aliphatic rings. The minimum atomic E-state index is -0.906. The molecule has 2 rings (SSSR count). The second-order valence-electron chi connectivity index (χ2n) is 3.49. The van der Waals surface area contributed by atoms with Gasteiger partial charge in [0, 0.05) is 17.7 Å². The Morgan fingerprint density at radius 2 is 1.69 bits per heavy atom. The van der Waals surface area contributed by atoms with Gasteiger partial charge in [0.25, 0.3) is 0 Å². The Labute approximate surface area is 91.4 Å². The Morgan fingerprint density at radius 1 is 1.00 bits per heavy atom. The monoisotopic (exact) mass is 222 g/mol. The summed E-state index contributed by atoms with van der Waals surface area (Å²) in [4.78, 5) is 0. The lowest BCUT2D eigenvalue weighted by atomic mass is 10.0. The van der Waals surface area contributed by atoms with Crippen LogP contribution >= 0.6 is 0 Å². The molecule has 0 amide bonds. The summed E-state index contributed by atoms with van der Waals surface area (Å²) in [6.07, 6.45) is 9.30. The highest BCUT2D eigenvalue weighted by atomic mass is 19.1. The number of allylic oxidation sites excluding steroid dienone is 5. The van der Waals surface area contributed by atoms with Gasteiger partial charge in [-0.2, -0.15) is 0 Å². The van der Waals surface area contributed by atoms with Crippen LogP contribution in [0.3, 0.4) is 0 Å². The molecule has 16 heavy (non-hydrogen) atoms. The maximum atomic E-state index is 13.3. The largest absolute Gasteiger partial charge is 0.207 e. The van der Waals surface area contributed by atoms with Crippen LogP contribution in [-0.2, 0) is 0 Å². The molecule has 0 heterocycles. The zero-order valence-electron chi connectivity index (χ0n) is 8.38. The van der Waals surface area contributed by atoms with Gasteiger partial charge in [-0.25, -0.2) is 13.2 Å². The Bertz CT molecular complexity index is 473. The first kappa shape index (κ1) is 10.7. The lowest BCUT2D eigenvalue weighted by molar-refractivity contribution is 0.540. The van der Waals surface area contributed by atoms with Gasteiger partial charge in [-0.05, 0) is 18.1 Å². The van der Waals surface area contributed by atoms with Gasteiger partial charge in [0.2, 0.25) is 0 Å². The van der Waals surface area contributed by atoms with Crippen molar-refractivity contribution in [3.05, 3.63) is 65.0 Å². The third-order valence-corrected chi connectivity index (χ3v) is 2.28. The van der Waals surface area contributed by atoms with Crippen molar-refractivity contribution in [2.24, 2.45) is 0 Å². The van der Waals surface area contributed by atoms with E-state index in [1.807, 2.05) is 12.2 Å². The standard InChI is InChI=1S/C13H9F3/c14-10-7-12(15)11(13(16)8-10)6-9-4-2-1-3-5-9/h1-4,6-8H,5H2. The van der Waals surface area contributed by atoms with Crippen LogP contribution in [0.15, 0.2) is 42.0 Å². The fourth-order valence-corrected chi connectivity index (χ4v) is 1.51. The molecule has 0 radical (unpaired) electrons. The number of halogens is 3. The van der Waals surface area contributed by atoms with Gasteiger partial charge in [0.15, 0.2) is 0 Å². The van der Waals surface area contributed by atoms with E-state index in [0.717, 1.165) is 5.57 Å². The third-order valence-electron chi connectivity index (χ3n) is 2.28. The Balaban J connectivity index is 2.41. The fourth-order valence-electron chi connectivity index (χ4n) is 1.51. The summed E-state index contributed by atoms with van der Waals surface area (Å²) in [7, 11) is 0. The van der Waals surface area contributed by atoms with Gasteiger partial charge in [0.05, 0.1) is 0 Å². The molecule has 3 heteroatoms. The van der Waals surface area contributed by atoms with Crippen molar-refractivity contribution in [3.8, 4) is 0 Å². The van der Waals surface area contributed by atoms with Crippen molar-refractivity contribution in [1.29, 1.82) is 0 Å². The molecule has 0 nitrogen and oxygen atoms in total. The first-order chi connectivity index (χ1) is 7.66. The molecule has 0 saturated heterocycles. The van der Waals surface area contributed by atoms with E-state index in [-0.39, 0.29) is 5.56 Å². The molecule has 0 aromatic heterocycles. The maximum Gasteiger partial charge on any atom is 0.136 e. The zero-order valence-corrected chi connectivity index (χ0v) is 8.38. The average molecular weight is 222 g/mol. The van der Waals surface area contributed by atoms with Crippen LogP contribution < -0.4 is 0 Å². The molecule has 0 aliphatic heterocycles. The van der Waals surface area contributed by atoms with E-state index < -0.39 is 17.5 Å². The number of hydrogen-bond acceptors (Lipinski definition) is 0. The molecule has 0 atom stereocenters. The van der Waals surface area contributed by atoms with Gasteiger partial charge in [0.1, 0.15) is 17.5 Å². The van der Waals surface area contributed by atoms with E-state index >= 15 is 0 Å². The van der Waals surface area contributed by atoms with E-state index in [1.165, 1.54) is 6.08 Å². The summed E-state index contributed by atoms with van der Waals surface area (Å²) in [5.41, 5.74) is 0.586. The highest BCUT2D eigenvalue weighted by molar-refractivity contribution is 5.58. The number of benzene rings is 1. The van der Waals surface area contributed by atoms with Crippen molar-refractivity contribution in [2.75, 3.05) is 0 Å². The van der Waals surface area contributed by atoms with E-state index in [1.54, 1.807) is 12.2 Å². The van der Waals surface area contributed by atoms with Crippen LogP contribution in [0.5, 0.6) is 0 Å². The Hall–Kier alpha value is -1.77. The van der Waals surface area contributed by atoms with Crippen LogP contribution in [0.4, 0.5) is 13.2 Å². The predicted molar refractivity (Wildman–Crippen MR) is 57.2 cm³/mol. The van der Waals surface area contributed by atoms with Gasteiger partial charge in [-0.3, -0.25) is 0 Å². The fraction of sp³-hybridized carbons (Fsp3) is 0.0769. The summed E-state index contributed by atoms with van der Waals surface area (Å²) in [6, 6.07) is 1.36. The summed E-state index contributed by atoms with van der Waals surface area (Å²) in [5.74, 6) is -2.67. The van der Waals surface area contributed by atoms with Crippen molar-refractivity contribution in [3.63, 3.8) is 0 Å². The lowest BCUT2D eigenvalue weighted by Crippen LogP contribution is -1.92. The molecule has 0 unspecified atom stereocenters. The molecule has 0 fully saturated rings. The third kappa shape index (κ3) is 2.24. The summed E-state index contributed by atoms with van der Waals surface area (Å²) in [5, 5.41) is 0. The van der Waals surface area contributed by atoms with Gasteiger partial charge >= 0.3 is 0 Å². The second-order valence-corrected chi connectivity index (χ2v) is 3.49. The molecule has 0 N–H and O–H groups in total. The minimum absolute atomic E-state index is 0.198. The molecule has 1 aromatic rings. The van der Waals surface area contributed by atoms with Gasteiger partial charge in [-0.15, -0.1) is 0 Å². The topological polar surface area (TPSA) is 0 Å². The molecular weight excluding hydrogens is 213 g/mol. The average Bonchev–Trinajstić information content (AvgIpc) is 2.25. The van der Waals surface area contributed by atoms with E-state index in [2.05, 4.69) is 0 Å². The predicted octanol–water partition coefficient (Wildman–Crippen LogP) is 4.00. The van der Waals surface area contributed by atoms with Crippen molar-refractivity contribution in [1.82, 2.24) is 0 Å². The maximum absolute atomic E-state index is 13.3. The molecule has 82 valence electrons.